The number of benzene rings is 1. The summed E-state index contributed by atoms with van der Waals surface area (Å²) in [5, 5.41) is 10.1. The van der Waals surface area contributed by atoms with Gasteiger partial charge in [0.15, 0.2) is 0 Å². The largest absolute Gasteiger partial charge is 0.393 e. The second-order valence-electron chi connectivity index (χ2n) is 5.17. The average molecular weight is 338 g/mol. The van der Waals surface area contributed by atoms with Crippen molar-refractivity contribution in [2.75, 3.05) is 0 Å². The fraction of sp³-hybridized carbons (Fsp3) is 0.538. The molecule has 7 heteroatoms. The van der Waals surface area contributed by atoms with Crippen molar-refractivity contribution in [1.29, 1.82) is 0 Å². The number of aliphatic hydroxyl groups excluding tert-OH is 1. The molecule has 0 aromatic heterocycles. The van der Waals surface area contributed by atoms with E-state index in [-0.39, 0.29) is 16.0 Å². The molecule has 0 bridgehead atoms. The number of aryl methyl sites for hydroxylation is 1. The number of nitrogens with one attached hydrogen (secondary N) is 1. The Labute approximate surface area is 129 Å². The first-order valence-electron chi connectivity index (χ1n) is 6.45. The van der Waals surface area contributed by atoms with Crippen LogP contribution in [0.4, 0.5) is 0 Å². The lowest BCUT2D eigenvalue weighted by atomic mass is 9.94. The third-order valence-corrected chi connectivity index (χ3v) is 5.86. The molecule has 0 amide bonds. The van der Waals surface area contributed by atoms with Crippen LogP contribution in [0, 0.1) is 6.92 Å². The molecule has 2 rings (SSSR count). The SMILES string of the molecule is Cc1cc(S(=O)(=O)NC2CCCC(O)C2)c(Cl)cc1Cl. The van der Waals surface area contributed by atoms with Crippen molar-refractivity contribution in [2.45, 2.75) is 49.6 Å². The lowest BCUT2D eigenvalue weighted by Crippen LogP contribution is -2.39. The highest BCUT2D eigenvalue weighted by Gasteiger charge is 2.27. The second-order valence-corrected chi connectivity index (χ2v) is 7.67. The zero-order chi connectivity index (χ0) is 14.9. The summed E-state index contributed by atoms with van der Waals surface area (Å²) in [6.45, 7) is 1.72. The minimum Gasteiger partial charge on any atom is -0.393 e. The maximum absolute atomic E-state index is 12.4. The van der Waals surface area contributed by atoms with E-state index in [1.807, 2.05) is 0 Å². The zero-order valence-corrected chi connectivity index (χ0v) is 13.4. The standard InChI is InChI=1S/C13H17Cl2NO3S/c1-8-5-13(12(15)7-11(8)14)20(18,19)16-9-3-2-4-10(17)6-9/h5,7,9-10,16-17H,2-4,6H2,1H3. The molecular weight excluding hydrogens is 321 g/mol. The van der Waals surface area contributed by atoms with Crippen LogP contribution < -0.4 is 4.72 Å². The number of hydrogen-bond donors (Lipinski definition) is 2. The Morgan fingerprint density at radius 2 is 1.95 bits per heavy atom. The molecule has 0 spiro atoms. The Kier molecular flexibility index (Phi) is 4.97. The summed E-state index contributed by atoms with van der Waals surface area (Å²) in [5.41, 5.74) is 0.653. The van der Waals surface area contributed by atoms with Gasteiger partial charge in [-0.1, -0.05) is 23.2 Å². The molecule has 0 radical (unpaired) electrons. The van der Waals surface area contributed by atoms with Crippen LogP contribution in [0.5, 0.6) is 0 Å². The molecule has 0 aliphatic heterocycles. The Morgan fingerprint density at radius 3 is 2.60 bits per heavy atom. The smallest absolute Gasteiger partial charge is 0.242 e. The Balaban J connectivity index is 2.24. The molecule has 1 aliphatic rings. The van der Waals surface area contributed by atoms with Gasteiger partial charge in [-0.05, 0) is 50.3 Å². The van der Waals surface area contributed by atoms with Crippen molar-refractivity contribution in [3.63, 3.8) is 0 Å². The van der Waals surface area contributed by atoms with Crippen molar-refractivity contribution in [3.8, 4) is 0 Å². The highest BCUT2D eigenvalue weighted by Crippen LogP contribution is 2.29. The van der Waals surface area contributed by atoms with Gasteiger partial charge < -0.3 is 5.11 Å². The molecule has 0 saturated heterocycles. The van der Waals surface area contributed by atoms with Gasteiger partial charge in [0, 0.05) is 11.1 Å². The van der Waals surface area contributed by atoms with E-state index in [0.717, 1.165) is 19.3 Å². The van der Waals surface area contributed by atoms with E-state index < -0.39 is 16.1 Å². The van der Waals surface area contributed by atoms with Crippen LogP contribution in [0.15, 0.2) is 17.0 Å². The summed E-state index contributed by atoms with van der Waals surface area (Å²) >= 11 is 11.9. The predicted molar refractivity (Wildman–Crippen MR) is 79.8 cm³/mol. The van der Waals surface area contributed by atoms with Gasteiger partial charge in [0.05, 0.1) is 11.1 Å². The van der Waals surface area contributed by atoms with Crippen molar-refractivity contribution in [3.05, 3.63) is 27.7 Å². The van der Waals surface area contributed by atoms with Crippen LogP contribution in [0.1, 0.15) is 31.2 Å². The fourth-order valence-corrected chi connectivity index (χ4v) is 4.51. The van der Waals surface area contributed by atoms with Gasteiger partial charge in [0.1, 0.15) is 4.90 Å². The number of aliphatic hydroxyl groups is 1. The van der Waals surface area contributed by atoms with E-state index in [1.54, 1.807) is 6.92 Å². The first-order chi connectivity index (χ1) is 9.29. The van der Waals surface area contributed by atoms with E-state index in [4.69, 9.17) is 23.2 Å². The van der Waals surface area contributed by atoms with Gasteiger partial charge in [0.2, 0.25) is 10.0 Å². The fourth-order valence-electron chi connectivity index (χ4n) is 2.39. The molecule has 1 fully saturated rings. The number of halogens is 2. The summed E-state index contributed by atoms with van der Waals surface area (Å²) in [6, 6.07) is 2.64. The molecule has 0 heterocycles. The molecule has 1 aliphatic carbocycles. The van der Waals surface area contributed by atoms with Crippen molar-refractivity contribution < 1.29 is 13.5 Å². The first kappa shape index (κ1) is 16.0. The lowest BCUT2D eigenvalue weighted by Gasteiger charge is -2.26. The van der Waals surface area contributed by atoms with Gasteiger partial charge in [0.25, 0.3) is 0 Å². The highest BCUT2D eigenvalue weighted by molar-refractivity contribution is 7.89. The van der Waals surface area contributed by atoms with Gasteiger partial charge in [-0.2, -0.15) is 0 Å². The van der Waals surface area contributed by atoms with Gasteiger partial charge in [-0.25, -0.2) is 13.1 Å². The van der Waals surface area contributed by atoms with Gasteiger partial charge in [-0.3, -0.25) is 0 Å². The number of rotatable bonds is 3. The second kappa shape index (κ2) is 6.20. The van der Waals surface area contributed by atoms with Crippen LogP contribution >= 0.6 is 23.2 Å². The number of sulfonamides is 1. The van der Waals surface area contributed by atoms with Crippen LogP contribution in [-0.2, 0) is 10.0 Å². The summed E-state index contributed by atoms with van der Waals surface area (Å²) in [7, 11) is -3.70. The normalized spacial score (nSPS) is 23.8. The average Bonchev–Trinajstić information content (AvgIpc) is 2.33. The van der Waals surface area contributed by atoms with Crippen molar-refractivity contribution >= 4 is 33.2 Å². The summed E-state index contributed by atoms with van der Waals surface area (Å²) in [6.07, 6.45) is 2.24. The molecular formula is C13H17Cl2NO3S. The van der Waals surface area contributed by atoms with E-state index in [1.165, 1.54) is 12.1 Å². The van der Waals surface area contributed by atoms with Crippen molar-refractivity contribution in [1.82, 2.24) is 4.72 Å². The Bertz CT molecular complexity index is 604. The summed E-state index contributed by atoms with van der Waals surface area (Å²) in [4.78, 5) is 0.0288. The third-order valence-electron chi connectivity index (χ3n) is 3.47. The highest BCUT2D eigenvalue weighted by atomic mass is 35.5. The Morgan fingerprint density at radius 1 is 1.25 bits per heavy atom. The minimum atomic E-state index is -3.70. The Hall–Kier alpha value is -0.330. The molecule has 2 unspecified atom stereocenters. The topological polar surface area (TPSA) is 66.4 Å². The number of hydrogen-bond acceptors (Lipinski definition) is 3. The van der Waals surface area contributed by atoms with E-state index in [0.29, 0.717) is 17.0 Å². The van der Waals surface area contributed by atoms with Crippen LogP contribution in [-0.4, -0.2) is 25.7 Å². The summed E-state index contributed by atoms with van der Waals surface area (Å²) in [5.74, 6) is 0. The quantitative estimate of drug-likeness (QED) is 0.891. The van der Waals surface area contributed by atoms with E-state index in [2.05, 4.69) is 4.72 Å². The molecule has 112 valence electrons. The molecule has 2 atom stereocenters. The maximum Gasteiger partial charge on any atom is 0.242 e. The molecule has 1 saturated carbocycles. The van der Waals surface area contributed by atoms with Crippen molar-refractivity contribution in [2.24, 2.45) is 0 Å². The molecule has 1 aromatic rings. The molecule has 1 aromatic carbocycles. The van der Waals surface area contributed by atoms with Crippen LogP contribution in [0.3, 0.4) is 0 Å². The zero-order valence-electron chi connectivity index (χ0n) is 11.1. The maximum atomic E-state index is 12.4. The molecule has 2 N–H and O–H groups in total. The minimum absolute atomic E-state index is 0.0288. The van der Waals surface area contributed by atoms with E-state index in [9.17, 15) is 13.5 Å². The monoisotopic (exact) mass is 337 g/mol. The summed E-state index contributed by atoms with van der Waals surface area (Å²) < 4.78 is 27.4. The van der Waals surface area contributed by atoms with E-state index >= 15 is 0 Å². The third kappa shape index (κ3) is 3.65. The van der Waals surface area contributed by atoms with Gasteiger partial charge >= 0.3 is 0 Å². The first-order valence-corrected chi connectivity index (χ1v) is 8.69. The van der Waals surface area contributed by atoms with Crippen LogP contribution in [0.25, 0.3) is 0 Å². The van der Waals surface area contributed by atoms with Gasteiger partial charge in [-0.15, -0.1) is 0 Å². The molecule has 4 nitrogen and oxygen atoms in total. The lowest BCUT2D eigenvalue weighted by molar-refractivity contribution is 0.117. The predicted octanol–water partition coefficient (Wildman–Crippen LogP) is 2.88. The van der Waals surface area contributed by atoms with Crippen LogP contribution in [0.2, 0.25) is 10.0 Å². The molecule has 20 heavy (non-hydrogen) atoms.